The van der Waals surface area contributed by atoms with Gasteiger partial charge in [0.05, 0.1) is 0 Å². The lowest BCUT2D eigenvalue weighted by atomic mass is 10.7. The minimum atomic E-state index is -1.33. The lowest BCUT2D eigenvalue weighted by Gasteiger charge is -1.99. The lowest BCUT2D eigenvalue weighted by molar-refractivity contribution is -0.127. The monoisotopic (exact) mass is 148 g/mol. The highest BCUT2D eigenvalue weighted by molar-refractivity contribution is 5.76. The molecule has 0 bridgehead atoms. The third kappa shape index (κ3) is 4.85. The number of carbonyl (C=O) groups is 2. The number of carboxylic acid groups (broad SMARTS) is 1. The van der Waals surface area contributed by atoms with Crippen molar-refractivity contribution in [2.24, 2.45) is 0 Å². The van der Waals surface area contributed by atoms with Crippen LogP contribution in [-0.2, 0) is 9.63 Å². The van der Waals surface area contributed by atoms with E-state index in [1.165, 1.54) is 7.05 Å². The van der Waals surface area contributed by atoms with Crippen molar-refractivity contribution < 1.29 is 19.5 Å². The molecule has 0 aromatic heterocycles. The highest BCUT2D eigenvalue weighted by atomic mass is 16.7. The maximum absolute atomic E-state index is 10.3. The zero-order valence-electron chi connectivity index (χ0n) is 5.38. The molecular weight excluding hydrogens is 140 g/mol. The van der Waals surface area contributed by atoms with Crippen molar-refractivity contribution in [2.75, 3.05) is 13.7 Å². The Kier molecular flexibility index (Phi) is 3.97. The molecule has 0 rings (SSSR count). The normalized spacial score (nSPS) is 8.50. The van der Waals surface area contributed by atoms with Crippen molar-refractivity contribution in [3.8, 4) is 0 Å². The lowest BCUT2D eigenvalue weighted by Crippen LogP contribution is -2.30. The first-order valence-corrected chi connectivity index (χ1v) is 2.48. The maximum Gasteiger partial charge on any atom is 0.428 e. The van der Waals surface area contributed by atoms with E-state index >= 15 is 0 Å². The summed E-state index contributed by atoms with van der Waals surface area (Å²) in [6.07, 6.45) is -1.33. The highest BCUT2D eigenvalue weighted by Crippen LogP contribution is 1.67. The zero-order chi connectivity index (χ0) is 7.98. The first-order valence-electron chi connectivity index (χ1n) is 2.48. The average Bonchev–Trinajstić information content (AvgIpc) is 1.87. The summed E-state index contributed by atoms with van der Waals surface area (Å²) in [4.78, 5) is 24.2. The van der Waals surface area contributed by atoms with E-state index in [4.69, 9.17) is 5.11 Å². The topological polar surface area (TPSA) is 87.7 Å². The van der Waals surface area contributed by atoms with Crippen LogP contribution in [0.25, 0.3) is 0 Å². The van der Waals surface area contributed by atoms with Crippen molar-refractivity contribution in [1.29, 1.82) is 0 Å². The van der Waals surface area contributed by atoms with Crippen LogP contribution in [0, 0.1) is 0 Å². The maximum atomic E-state index is 10.3. The van der Waals surface area contributed by atoms with E-state index in [1.807, 2.05) is 0 Å². The minimum Gasteiger partial charge on any atom is -0.464 e. The Balaban J connectivity index is 3.20. The summed E-state index contributed by atoms with van der Waals surface area (Å²) in [5.41, 5.74) is 1.57. The number of hydrogen-bond acceptors (Lipinski definition) is 3. The molecule has 0 heterocycles. The molecule has 0 aromatic carbocycles. The molecule has 2 amide bonds. The van der Waals surface area contributed by atoms with Crippen LogP contribution in [-0.4, -0.2) is 30.8 Å². The van der Waals surface area contributed by atoms with Gasteiger partial charge in [-0.3, -0.25) is 9.63 Å². The van der Waals surface area contributed by atoms with Gasteiger partial charge in [-0.25, -0.2) is 4.79 Å². The summed E-state index contributed by atoms with van der Waals surface area (Å²) in [5, 5.41) is 10.2. The highest BCUT2D eigenvalue weighted by Gasteiger charge is 1.98. The third-order valence-corrected chi connectivity index (χ3v) is 0.642. The minimum absolute atomic E-state index is 0.317. The number of hydrogen-bond donors (Lipinski definition) is 3. The molecule has 58 valence electrons. The standard InChI is InChI=1S/C4H8N2O4/c1-5-3(7)2-10-6-4(8)9/h6H,2H2,1H3,(H,5,7)(H,8,9). The molecule has 10 heavy (non-hydrogen) atoms. The van der Waals surface area contributed by atoms with E-state index < -0.39 is 12.0 Å². The molecule has 0 aliphatic heterocycles. The van der Waals surface area contributed by atoms with Gasteiger partial charge in [-0.05, 0) is 0 Å². The zero-order valence-corrected chi connectivity index (χ0v) is 5.38. The van der Waals surface area contributed by atoms with Crippen molar-refractivity contribution in [1.82, 2.24) is 10.8 Å². The number of amides is 2. The summed E-state index contributed by atoms with van der Waals surface area (Å²) >= 11 is 0. The van der Waals surface area contributed by atoms with Crippen molar-refractivity contribution in [2.45, 2.75) is 0 Å². The smallest absolute Gasteiger partial charge is 0.428 e. The molecule has 0 spiro atoms. The van der Waals surface area contributed by atoms with E-state index in [1.54, 1.807) is 5.48 Å². The van der Waals surface area contributed by atoms with Gasteiger partial charge in [0, 0.05) is 7.05 Å². The Bertz CT molecular complexity index is 135. The first kappa shape index (κ1) is 8.70. The largest absolute Gasteiger partial charge is 0.464 e. The van der Waals surface area contributed by atoms with Gasteiger partial charge in [-0.2, -0.15) is 5.48 Å². The van der Waals surface area contributed by atoms with E-state index in [0.717, 1.165) is 0 Å². The Morgan fingerprint density at radius 2 is 2.20 bits per heavy atom. The van der Waals surface area contributed by atoms with Crippen LogP contribution in [0.1, 0.15) is 0 Å². The predicted octanol–water partition coefficient (Wildman–Crippen LogP) is -1.07. The molecule has 0 saturated carbocycles. The Morgan fingerprint density at radius 3 is 2.60 bits per heavy atom. The summed E-state index contributed by atoms with van der Waals surface area (Å²) < 4.78 is 0. The molecule has 0 aliphatic carbocycles. The van der Waals surface area contributed by atoms with E-state index in [2.05, 4.69) is 10.2 Å². The van der Waals surface area contributed by atoms with Crippen LogP contribution in [0.3, 0.4) is 0 Å². The Morgan fingerprint density at radius 1 is 1.60 bits per heavy atom. The van der Waals surface area contributed by atoms with Gasteiger partial charge in [0.1, 0.15) is 0 Å². The molecule has 0 fully saturated rings. The van der Waals surface area contributed by atoms with Gasteiger partial charge in [0.2, 0.25) is 5.91 Å². The van der Waals surface area contributed by atoms with Gasteiger partial charge in [-0.15, -0.1) is 0 Å². The number of carbonyl (C=O) groups excluding carboxylic acids is 1. The van der Waals surface area contributed by atoms with Crippen molar-refractivity contribution in [3.05, 3.63) is 0 Å². The second-order valence-corrected chi connectivity index (χ2v) is 1.37. The first-order chi connectivity index (χ1) is 4.66. The van der Waals surface area contributed by atoms with Gasteiger partial charge < -0.3 is 10.4 Å². The molecule has 0 atom stereocenters. The Labute approximate surface area is 57.1 Å². The van der Waals surface area contributed by atoms with E-state index in [0.29, 0.717) is 0 Å². The van der Waals surface area contributed by atoms with Crippen molar-refractivity contribution >= 4 is 12.0 Å². The number of nitrogens with one attached hydrogen (secondary N) is 2. The second kappa shape index (κ2) is 4.57. The summed E-state index contributed by atoms with van der Waals surface area (Å²) in [5.74, 6) is -0.395. The van der Waals surface area contributed by atoms with Crippen LogP contribution in [0.5, 0.6) is 0 Å². The van der Waals surface area contributed by atoms with Crippen molar-refractivity contribution in [3.63, 3.8) is 0 Å². The number of hydroxylamine groups is 1. The number of likely N-dealkylation sites (N-methyl/N-ethyl adjacent to an activating group) is 1. The van der Waals surface area contributed by atoms with Crippen LogP contribution in [0.4, 0.5) is 4.79 Å². The van der Waals surface area contributed by atoms with Crippen LogP contribution in [0.15, 0.2) is 0 Å². The molecule has 0 aromatic rings. The number of rotatable bonds is 3. The van der Waals surface area contributed by atoms with Gasteiger partial charge in [-0.1, -0.05) is 0 Å². The Hall–Kier alpha value is -1.30. The molecule has 3 N–H and O–H groups in total. The van der Waals surface area contributed by atoms with Gasteiger partial charge in [0.15, 0.2) is 6.61 Å². The molecule has 0 unspecified atom stereocenters. The van der Waals surface area contributed by atoms with Gasteiger partial charge in [0.25, 0.3) is 0 Å². The molecule has 0 saturated heterocycles. The summed E-state index contributed by atoms with van der Waals surface area (Å²) in [7, 11) is 1.42. The molecular formula is C4H8N2O4. The molecule has 0 radical (unpaired) electrons. The van der Waals surface area contributed by atoms with Crippen LogP contribution in [0.2, 0.25) is 0 Å². The predicted molar refractivity (Wildman–Crippen MR) is 31.2 cm³/mol. The van der Waals surface area contributed by atoms with Crippen LogP contribution < -0.4 is 10.8 Å². The fourth-order valence-corrected chi connectivity index (χ4v) is 0.236. The molecule has 6 heteroatoms. The SMILES string of the molecule is CNC(=O)CONC(=O)O. The summed E-state index contributed by atoms with van der Waals surface area (Å²) in [6.45, 7) is -0.317. The van der Waals surface area contributed by atoms with Crippen LogP contribution >= 0.6 is 0 Å². The molecule has 6 nitrogen and oxygen atoms in total. The fraction of sp³-hybridized carbons (Fsp3) is 0.500. The second-order valence-electron chi connectivity index (χ2n) is 1.37. The van der Waals surface area contributed by atoms with Gasteiger partial charge >= 0.3 is 6.09 Å². The average molecular weight is 148 g/mol. The van der Waals surface area contributed by atoms with E-state index in [9.17, 15) is 9.59 Å². The fourth-order valence-electron chi connectivity index (χ4n) is 0.236. The third-order valence-electron chi connectivity index (χ3n) is 0.642. The quantitative estimate of drug-likeness (QED) is 0.445. The van der Waals surface area contributed by atoms with E-state index in [-0.39, 0.29) is 6.61 Å². The summed E-state index contributed by atoms with van der Waals surface area (Å²) in [6, 6.07) is 0. The molecule has 0 aliphatic rings.